The summed E-state index contributed by atoms with van der Waals surface area (Å²) >= 11 is 6.07. The van der Waals surface area contributed by atoms with E-state index >= 15 is 0 Å². The zero-order valence-electron chi connectivity index (χ0n) is 13.9. The molecule has 25 heavy (non-hydrogen) atoms. The van der Waals surface area contributed by atoms with Crippen LogP contribution in [-0.2, 0) is 6.54 Å². The maximum atomic E-state index is 12.4. The van der Waals surface area contributed by atoms with Crippen LogP contribution in [0.4, 0.5) is 5.82 Å². The molecule has 1 aliphatic carbocycles. The monoisotopic (exact) mass is 360 g/mol. The Morgan fingerprint density at radius 2 is 1.92 bits per heavy atom. The molecule has 0 spiro atoms. The smallest absolute Gasteiger partial charge is 0.334 e. The van der Waals surface area contributed by atoms with Gasteiger partial charge in [-0.1, -0.05) is 36.9 Å². The molecular weight excluding hydrogens is 340 g/mol. The number of aromatic amines is 1. The van der Waals surface area contributed by atoms with Gasteiger partial charge in [-0.2, -0.15) is 0 Å². The predicted octanol–water partition coefficient (Wildman–Crippen LogP) is 2.70. The van der Waals surface area contributed by atoms with Crippen LogP contribution in [0, 0.1) is 0 Å². The molecule has 2 aliphatic rings. The van der Waals surface area contributed by atoms with Gasteiger partial charge < -0.3 is 5.32 Å². The van der Waals surface area contributed by atoms with Crippen LogP contribution in [0.3, 0.4) is 0 Å². The number of hydrogen-bond donors (Lipinski definition) is 2. The molecule has 0 bridgehead atoms. The van der Waals surface area contributed by atoms with Crippen molar-refractivity contribution in [1.29, 1.82) is 0 Å². The first-order chi connectivity index (χ1) is 12.1. The summed E-state index contributed by atoms with van der Waals surface area (Å²) in [5.41, 5.74) is 0.482. The molecule has 2 N–H and O–H groups in total. The Hall–Kier alpha value is -2.05. The number of fused-ring (bicyclic) bond motifs is 1. The number of nitrogens with one attached hydrogen (secondary N) is 2. The van der Waals surface area contributed by atoms with E-state index in [0.717, 1.165) is 0 Å². The van der Waals surface area contributed by atoms with E-state index in [2.05, 4.69) is 15.2 Å². The Bertz CT molecular complexity index is 899. The van der Waals surface area contributed by atoms with Gasteiger partial charge in [0.25, 0.3) is 5.56 Å². The lowest BCUT2D eigenvalue weighted by molar-refractivity contribution is 0.152. The SMILES string of the molecule is O=c1[nH]c(=O)n(-c2cccc(Cl)c2)c2c1CN(C1CCCCC1)CN2. The van der Waals surface area contributed by atoms with Crippen LogP contribution in [0.5, 0.6) is 0 Å². The van der Waals surface area contributed by atoms with E-state index in [4.69, 9.17) is 11.6 Å². The molecule has 0 radical (unpaired) electrons. The molecule has 2 aromatic rings. The Morgan fingerprint density at radius 1 is 1.12 bits per heavy atom. The number of rotatable bonds is 2. The van der Waals surface area contributed by atoms with Crippen LogP contribution in [-0.4, -0.2) is 27.2 Å². The summed E-state index contributed by atoms with van der Waals surface area (Å²) < 4.78 is 1.50. The second kappa shape index (κ2) is 6.69. The number of nitrogens with zero attached hydrogens (tertiary/aromatic N) is 2. The lowest BCUT2D eigenvalue weighted by atomic mass is 9.94. The maximum absolute atomic E-state index is 12.4. The quantitative estimate of drug-likeness (QED) is 0.863. The van der Waals surface area contributed by atoms with E-state index < -0.39 is 5.69 Å². The average Bonchev–Trinajstić information content (AvgIpc) is 2.62. The molecule has 4 rings (SSSR count). The van der Waals surface area contributed by atoms with Crippen molar-refractivity contribution in [2.24, 2.45) is 0 Å². The summed E-state index contributed by atoms with van der Waals surface area (Å²) in [7, 11) is 0. The predicted molar refractivity (Wildman–Crippen MR) is 98.6 cm³/mol. The second-order valence-corrected chi connectivity index (χ2v) is 7.21. The minimum atomic E-state index is -0.454. The molecule has 2 heterocycles. The highest BCUT2D eigenvalue weighted by Crippen LogP contribution is 2.28. The molecule has 0 unspecified atom stereocenters. The van der Waals surface area contributed by atoms with E-state index in [1.165, 1.54) is 36.7 Å². The number of halogens is 1. The first-order valence-corrected chi connectivity index (χ1v) is 9.13. The molecule has 7 heteroatoms. The van der Waals surface area contributed by atoms with E-state index in [1.54, 1.807) is 24.3 Å². The van der Waals surface area contributed by atoms with E-state index in [1.807, 2.05) is 0 Å². The maximum Gasteiger partial charge on any atom is 0.334 e. The lowest BCUT2D eigenvalue weighted by Crippen LogP contribution is -2.47. The molecule has 1 aliphatic heterocycles. The van der Waals surface area contributed by atoms with Gasteiger partial charge in [-0.05, 0) is 31.0 Å². The molecular formula is C18H21ClN4O2. The summed E-state index contributed by atoms with van der Waals surface area (Å²) in [5.74, 6) is 0.572. The van der Waals surface area contributed by atoms with Gasteiger partial charge >= 0.3 is 5.69 Å². The Balaban J connectivity index is 1.75. The van der Waals surface area contributed by atoms with E-state index in [-0.39, 0.29) is 5.56 Å². The number of anilines is 1. The fraction of sp³-hybridized carbons (Fsp3) is 0.444. The molecule has 132 valence electrons. The summed E-state index contributed by atoms with van der Waals surface area (Å²) in [5, 5.41) is 3.85. The van der Waals surface area contributed by atoms with Crippen LogP contribution in [0.1, 0.15) is 37.7 Å². The summed E-state index contributed by atoms with van der Waals surface area (Å²) in [6.07, 6.45) is 6.12. The highest BCUT2D eigenvalue weighted by molar-refractivity contribution is 6.30. The second-order valence-electron chi connectivity index (χ2n) is 6.78. The summed E-state index contributed by atoms with van der Waals surface area (Å²) in [6.45, 7) is 1.20. The Labute approximate surface area is 150 Å². The Kier molecular flexibility index (Phi) is 4.39. The van der Waals surface area contributed by atoms with Crippen LogP contribution >= 0.6 is 11.6 Å². The first kappa shape index (κ1) is 16.4. The van der Waals surface area contributed by atoms with Crippen LogP contribution in [0.25, 0.3) is 5.69 Å². The highest BCUT2D eigenvalue weighted by atomic mass is 35.5. The van der Waals surface area contributed by atoms with Crippen molar-refractivity contribution in [1.82, 2.24) is 14.5 Å². The van der Waals surface area contributed by atoms with Gasteiger partial charge in [0.05, 0.1) is 17.9 Å². The number of hydrogen-bond acceptors (Lipinski definition) is 4. The molecule has 0 amide bonds. The fourth-order valence-corrected chi connectivity index (χ4v) is 4.09. The van der Waals surface area contributed by atoms with Gasteiger partial charge in [0.15, 0.2) is 0 Å². The largest absolute Gasteiger partial charge is 0.358 e. The van der Waals surface area contributed by atoms with Crippen molar-refractivity contribution in [3.8, 4) is 5.69 Å². The summed E-state index contributed by atoms with van der Waals surface area (Å²) in [6, 6.07) is 7.57. The minimum absolute atomic E-state index is 0.314. The Morgan fingerprint density at radius 3 is 2.68 bits per heavy atom. The third-order valence-corrected chi connectivity index (χ3v) is 5.41. The van der Waals surface area contributed by atoms with Gasteiger partial charge in [0.1, 0.15) is 5.82 Å². The van der Waals surface area contributed by atoms with Gasteiger partial charge in [0.2, 0.25) is 0 Å². The number of H-pyrrole nitrogens is 1. The van der Waals surface area contributed by atoms with Crippen LogP contribution < -0.4 is 16.6 Å². The topological polar surface area (TPSA) is 70.1 Å². The van der Waals surface area contributed by atoms with E-state index in [9.17, 15) is 9.59 Å². The van der Waals surface area contributed by atoms with Crippen LogP contribution in [0.2, 0.25) is 5.02 Å². The fourth-order valence-electron chi connectivity index (χ4n) is 3.91. The number of benzene rings is 1. The van der Waals surface area contributed by atoms with Gasteiger partial charge in [-0.25, -0.2) is 9.36 Å². The van der Waals surface area contributed by atoms with Crippen molar-refractivity contribution in [2.75, 3.05) is 12.0 Å². The van der Waals surface area contributed by atoms with E-state index in [0.29, 0.717) is 41.3 Å². The molecule has 6 nitrogen and oxygen atoms in total. The third kappa shape index (κ3) is 3.12. The van der Waals surface area contributed by atoms with Gasteiger partial charge in [-0.3, -0.25) is 14.7 Å². The highest BCUT2D eigenvalue weighted by Gasteiger charge is 2.28. The molecule has 1 saturated carbocycles. The molecule has 1 aromatic heterocycles. The van der Waals surface area contributed by atoms with Crippen molar-refractivity contribution in [2.45, 2.75) is 44.7 Å². The third-order valence-electron chi connectivity index (χ3n) is 5.18. The van der Waals surface area contributed by atoms with Crippen molar-refractivity contribution in [3.63, 3.8) is 0 Å². The van der Waals surface area contributed by atoms with Crippen LogP contribution in [0.15, 0.2) is 33.9 Å². The van der Waals surface area contributed by atoms with Crippen molar-refractivity contribution >= 4 is 17.4 Å². The summed E-state index contributed by atoms with van der Waals surface area (Å²) in [4.78, 5) is 29.6. The van der Waals surface area contributed by atoms with Gasteiger partial charge in [-0.15, -0.1) is 0 Å². The first-order valence-electron chi connectivity index (χ1n) is 8.75. The normalized spacial score (nSPS) is 18.6. The average molecular weight is 361 g/mol. The molecule has 1 fully saturated rings. The van der Waals surface area contributed by atoms with Crippen molar-refractivity contribution < 1.29 is 0 Å². The molecule has 0 atom stereocenters. The minimum Gasteiger partial charge on any atom is -0.358 e. The molecule has 1 aromatic carbocycles. The standard InChI is InChI=1S/C18H21ClN4O2/c19-12-5-4-8-14(9-12)23-16-15(17(24)21-18(23)25)10-22(11-20-16)13-6-2-1-3-7-13/h4-5,8-9,13,20H,1-3,6-7,10-11H2,(H,21,24,25). The number of aromatic nitrogens is 2. The zero-order chi connectivity index (χ0) is 17.4. The van der Waals surface area contributed by atoms with Crippen molar-refractivity contribution in [3.05, 3.63) is 55.7 Å². The molecule has 0 saturated heterocycles. The lowest BCUT2D eigenvalue weighted by Gasteiger charge is -2.38. The zero-order valence-corrected chi connectivity index (χ0v) is 14.7. The van der Waals surface area contributed by atoms with Gasteiger partial charge in [0, 0.05) is 17.6 Å².